The number of aryl methyl sites for hydroxylation is 1. The first-order valence-electron chi connectivity index (χ1n) is 8.39. The molecule has 0 unspecified atom stereocenters. The first kappa shape index (κ1) is 19.1. The highest BCUT2D eigenvalue weighted by atomic mass is 32.2. The third-order valence-electron chi connectivity index (χ3n) is 4.16. The Bertz CT molecular complexity index is 1030. The van der Waals surface area contributed by atoms with Crippen molar-refractivity contribution in [2.75, 3.05) is 13.7 Å². The van der Waals surface area contributed by atoms with Crippen LogP contribution in [0.1, 0.15) is 6.42 Å². The zero-order chi connectivity index (χ0) is 19.4. The number of ether oxygens (including phenoxy) is 1. The molecule has 142 valence electrons. The van der Waals surface area contributed by atoms with Gasteiger partial charge in [-0.3, -0.25) is 4.68 Å². The number of sulfonamides is 1. The number of rotatable bonds is 7. The number of methoxy groups -OCH3 is 1. The summed E-state index contributed by atoms with van der Waals surface area (Å²) in [6.07, 6.45) is 2.38. The van der Waals surface area contributed by atoms with Crippen molar-refractivity contribution in [2.24, 2.45) is 5.14 Å². The number of hydrogen-bond donors (Lipinski definition) is 2. The van der Waals surface area contributed by atoms with Gasteiger partial charge in [0, 0.05) is 30.5 Å². The summed E-state index contributed by atoms with van der Waals surface area (Å²) < 4.78 is 31.0. The first-order chi connectivity index (χ1) is 12.9. The highest BCUT2D eigenvalue weighted by Gasteiger charge is 2.20. The Balaban J connectivity index is 2.18. The second-order valence-corrected chi connectivity index (χ2v) is 7.53. The summed E-state index contributed by atoms with van der Waals surface area (Å²) in [6, 6.07) is 13.9. The molecule has 0 aliphatic rings. The Kier molecular flexibility index (Phi) is 5.59. The number of aromatic nitrogens is 2. The van der Waals surface area contributed by atoms with Crippen LogP contribution in [0.15, 0.2) is 59.6 Å². The van der Waals surface area contributed by atoms with Crippen LogP contribution in [0.4, 0.5) is 0 Å². The molecule has 7 nitrogen and oxygen atoms in total. The van der Waals surface area contributed by atoms with Crippen molar-refractivity contribution in [2.45, 2.75) is 17.9 Å². The molecule has 0 amide bonds. The van der Waals surface area contributed by atoms with E-state index in [0.717, 1.165) is 16.9 Å². The van der Waals surface area contributed by atoms with Crippen molar-refractivity contribution in [3.8, 4) is 28.1 Å². The lowest BCUT2D eigenvalue weighted by Gasteiger charge is -2.08. The van der Waals surface area contributed by atoms with E-state index in [2.05, 4.69) is 5.10 Å². The van der Waals surface area contributed by atoms with Crippen molar-refractivity contribution in [3.63, 3.8) is 0 Å². The number of primary sulfonamides is 1. The molecule has 1 aromatic heterocycles. The molecule has 0 spiro atoms. The van der Waals surface area contributed by atoms with Crippen molar-refractivity contribution in [1.29, 1.82) is 0 Å². The Labute approximate surface area is 158 Å². The third kappa shape index (κ3) is 4.19. The zero-order valence-electron chi connectivity index (χ0n) is 14.9. The summed E-state index contributed by atoms with van der Waals surface area (Å²) in [4.78, 5) is 0.0205. The number of benzene rings is 2. The van der Waals surface area contributed by atoms with Crippen LogP contribution in [0.25, 0.3) is 22.4 Å². The average Bonchev–Trinajstić information content (AvgIpc) is 3.10. The van der Waals surface area contributed by atoms with Crippen LogP contribution < -0.4 is 9.88 Å². The minimum atomic E-state index is -3.91. The Morgan fingerprint density at radius 3 is 2.44 bits per heavy atom. The smallest absolute Gasteiger partial charge is 0.238 e. The van der Waals surface area contributed by atoms with Gasteiger partial charge in [-0.05, 0) is 30.2 Å². The minimum Gasteiger partial charge on any atom is -0.497 e. The van der Waals surface area contributed by atoms with Crippen LogP contribution in [0.5, 0.6) is 5.75 Å². The SMILES string of the molecule is COc1ccc(-c2cn(CCCO)nc2-c2ccccc2S(N)(=O)=O)cc1. The highest BCUT2D eigenvalue weighted by molar-refractivity contribution is 7.89. The quantitative estimate of drug-likeness (QED) is 0.647. The number of hydrogen-bond acceptors (Lipinski definition) is 5. The minimum absolute atomic E-state index is 0.0205. The monoisotopic (exact) mass is 387 g/mol. The predicted octanol–water partition coefficient (Wildman–Crippen LogP) is 2.26. The topological polar surface area (TPSA) is 107 Å². The second kappa shape index (κ2) is 7.91. The van der Waals surface area contributed by atoms with Crippen LogP contribution in [-0.4, -0.2) is 37.0 Å². The molecule has 0 saturated carbocycles. The zero-order valence-corrected chi connectivity index (χ0v) is 15.7. The van der Waals surface area contributed by atoms with Gasteiger partial charge < -0.3 is 9.84 Å². The highest BCUT2D eigenvalue weighted by Crippen LogP contribution is 2.35. The predicted molar refractivity (Wildman–Crippen MR) is 103 cm³/mol. The lowest BCUT2D eigenvalue weighted by molar-refractivity contribution is 0.277. The molecule has 2 aromatic carbocycles. The molecule has 0 saturated heterocycles. The van der Waals surface area contributed by atoms with Crippen LogP contribution >= 0.6 is 0 Å². The molecule has 0 aliphatic carbocycles. The number of nitrogens with two attached hydrogens (primary N) is 1. The number of nitrogens with zero attached hydrogens (tertiary/aromatic N) is 2. The molecule has 1 heterocycles. The van der Waals surface area contributed by atoms with E-state index in [1.807, 2.05) is 30.5 Å². The van der Waals surface area contributed by atoms with Gasteiger partial charge in [-0.2, -0.15) is 5.10 Å². The first-order valence-corrected chi connectivity index (χ1v) is 9.93. The van der Waals surface area contributed by atoms with Gasteiger partial charge >= 0.3 is 0 Å². The van der Waals surface area contributed by atoms with Gasteiger partial charge in [0.25, 0.3) is 0 Å². The molecule has 3 N–H and O–H groups in total. The fraction of sp³-hybridized carbons (Fsp3) is 0.211. The van der Waals surface area contributed by atoms with Crippen molar-refractivity contribution in [1.82, 2.24) is 9.78 Å². The average molecular weight is 387 g/mol. The molecule has 0 fully saturated rings. The summed E-state index contributed by atoms with van der Waals surface area (Å²) in [5.74, 6) is 0.720. The molecule has 27 heavy (non-hydrogen) atoms. The fourth-order valence-corrected chi connectivity index (χ4v) is 3.60. The van der Waals surface area contributed by atoms with Gasteiger partial charge in [-0.25, -0.2) is 13.6 Å². The normalized spacial score (nSPS) is 11.5. The van der Waals surface area contributed by atoms with Crippen LogP contribution in [0.3, 0.4) is 0 Å². The fourth-order valence-electron chi connectivity index (χ4n) is 2.86. The number of aliphatic hydroxyl groups excluding tert-OH is 1. The van der Waals surface area contributed by atoms with E-state index in [1.54, 1.807) is 30.0 Å². The molecule has 0 atom stereocenters. The van der Waals surface area contributed by atoms with E-state index in [1.165, 1.54) is 6.07 Å². The molecule has 3 rings (SSSR count). The van der Waals surface area contributed by atoms with Crippen LogP contribution in [0.2, 0.25) is 0 Å². The number of aliphatic hydroxyl groups is 1. The van der Waals surface area contributed by atoms with Crippen molar-refractivity contribution in [3.05, 3.63) is 54.7 Å². The van der Waals surface area contributed by atoms with Crippen molar-refractivity contribution >= 4 is 10.0 Å². The Hall–Kier alpha value is -2.68. The molecular weight excluding hydrogens is 366 g/mol. The molecular formula is C19H21N3O4S. The van der Waals surface area contributed by atoms with Gasteiger partial charge in [0.1, 0.15) is 11.4 Å². The van der Waals surface area contributed by atoms with E-state index in [0.29, 0.717) is 24.2 Å². The van der Waals surface area contributed by atoms with Gasteiger partial charge in [0.05, 0.1) is 12.0 Å². The summed E-state index contributed by atoms with van der Waals surface area (Å²) in [5, 5.41) is 19.1. The lowest BCUT2D eigenvalue weighted by Crippen LogP contribution is -2.13. The van der Waals surface area contributed by atoms with E-state index >= 15 is 0 Å². The van der Waals surface area contributed by atoms with E-state index in [4.69, 9.17) is 15.0 Å². The molecule has 3 aromatic rings. The Morgan fingerprint density at radius 2 is 1.81 bits per heavy atom. The standard InChI is InChI=1S/C19H21N3O4S/c1-26-15-9-7-14(8-10-15)17-13-22(11-4-12-23)21-19(17)16-5-2-3-6-18(16)27(20,24)25/h2-3,5-10,13,23H,4,11-12H2,1H3,(H2,20,24,25). The maximum atomic E-state index is 12.0. The van der Waals surface area contributed by atoms with E-state index < -0.39 is 10.0 Å². The summed E-state index contributed by atoms with van der Waals surface area (Å²) >= 11 is 0. The Morgan fingerprint density at radius 1 is 1.11 bits per heavy atom. The van der Waals surface area contributed by atoms with Gasteiger partial charge in [0.15, 0.2) is 0 Å². The van der Waals surface area contributed by atoms with Gasteiger partial charge in [-0.1, -0.05) is 30.3 Å². The van der Waals surface area contributed by atoms with Gasteiger partial charge in [0.2, 0.25) is 10.0 Å². The second-order valence-electron chi connectivity index (χ2n) is 6.00. The van der Waals surface area contributed by atoms with E-state index in [9.17, 15) is 8.42 Å². The summed E-state index contributed by atoms with van der Waals surface area (Å²) in [6.45, 7) is 0.554. The van der Waals surface area contributed by atoms with Crippen LogP contribution in [-0.2, 0) is 16.6 Å². The van der Waals surface area contributed by atoms with Crippen LogP contribution in [0, 0.1) is 0 Å². The molecule has 0 bridgehead atoms. The molecule has 0 radical (unpaired) electrons. The summed E-state index contributed by atoms with van der Waals surface area (Å²) in [5.41, 5.74) is 2.59. The largest absolute Gasteiger partial charge is 0.497 e. The maximum absolute atomic E-state index is 12.0. The van der Waals surface area contributed by atoms with Crippen molar-refractivity contribution < 1.29 is 18.3 Å². The maximum Gasteiger partial charge on any atom is 0.238 e. The van der Waals surface area contributed by atoms with E-state index in [-0.39, 0.29) is 11.5 Å². The molecule has 0 aliphatic heterocycles. The van der Waals surface area contributed by atoms with Gasteiger partial charge in [-0.15, -0.1) is 0 Å². The summed E-state index contributed by atoms with van der Waals surface area (Å²) in [7, 11) is -2.32. The molecule has 8 heteroatoms. The lowest BCUT2D eigenvalue weighted by atomic mass is 10.0. The third-order valence-corrected chi connectivity index (χ3v) is 5.13.